The number of carbonyl (C=O) groups excluding carboxylic acids is 1. The number of hydrogen-bond acceptors (Lipinski definition) is 9. The Hall–Kier alpha value is -4.66. The summed E-state index contributed by atoms with van der Waals surface area (Å²) in [6, 6.07) is 23.5. The first kappa shape index (κ1) is 24.1. The lowest BCUT2D eigenvalue weighted by molar-refractivity contribution is -0.139. The zero-order chi connectivity index (χ0) is 26.1. The molecule has 0 saturated carbocycles. The topological polar surface area (TPSA) is 77.9 Å². The van der Waals surface area contributed by atoms with Crippen LogP contribution in [0.4, 0.5) is 46.3 Å². The van der Waals surface area contributed by atoms with Crippen molar-refractivity contribution < 1.29 is 9.53 Å². The molecule has 4 heterocycles. The Labute approximate surface area is 216 Å². The average molecular weight is 496 g/mol. The van der Waals surface area contributed by atoms with E-state index in [4.69, 9.17) is 19.7 Å². The molecule has 0 saturated heterocycles. The largest absolute Gasteiger partial charge is 0.469 e. The maximum Gasteiger partial charge on any atom is 0.310 e. The Balaban J connectivity index is 1.76. The van der Waals surface area contributed by atoms with E-state index < -0.39 is 0 Å². The first-order valence-electron chi connectivity index (χ1n) is 11.9. The molecule has 0 spiro atoms. The zero-order valence-corrected chi connectivity index (χ0v) is 21.6. The number of anilines is 8. The molecule has 1 aliphatic rings. The van der Waals surface area contributed by atoms with E-state index >= 15 is 0 Å². The molecular formula is C28H29N7O2. The van der Waals surface area contributed by atoms with Crippen LogP contribution in [0.15, 0.2) is 72.8 Å². The van der Waals surface area contributed by atoms with Crippen LogP contribution < -0.4 is 19.6 Å². The number of fused-ring (bicyclic) bond motifs is 8. The lowest BCUT2D eigenvalue weighted by Crippen LogP contribution is -2.22. The number of nitrogens with zero attached hydrogens (tertiary/aromatic N) is 7. The van der Waals surface area contributed by atoms with Crippen molar-refractivity contribution in [3.8, 4) is 0 Å². The molecule has 188 valence electrons. The third-order valence-electron chi connectivity index (χ3n) is 6.62. The minimum absolute atomic E-state index is 0.102. The molecule has 0 N–H and O–H groups in total. The number of aromatic nitrogens is 3. The standard InChI is InChI=1S/C28H29N7O2/c1-32-20-10-6-11-21(19(20)18-28(36)37-5)33(2)23-13-8-15-25(30-23)35(4)27-17-9-16-26(31-27)34(3)24-14-7-12-22(32)29-24/h6-17H,18H2,1-5H3. The molecule has 0 aliphatic carbocycles. The summed E-state index contributed by atoms with van der Waals surface area (Å²) in [5, 5.41) is 0. The molecule has 1 aromatic carbocycles. The highest BCUT2D eigenvalue weighted by Gasteiger charge is 2.22. The molecule has 0 radical (unpaired) electrons. The van der Waals surface area contributed by atoms with E-state index in [0.717, 1.165) is 51.8 Å². The Morgan fingerprint density at radius 2 is 0.919 bits per heavy atom. The summed E-state index contributed by atoms with van der Waals surface area (Å²) in [4.78, 5) is 35.1. The van der Waals surface area contributed by atoms with Gasteiger partial charge in [-0.3, -0.25) is 4.79 Å². The van der Waals surface area contributed by atoms with Gasteiger partial charge >= 0.3 is 5.97 Å². The van der Waals surface area contributed by atoms with Gasteiger partial charge in [-0.25, -0.2) is 15.0 Å². The number of ether oxygens (including phenoxy) is 1. The van der Waals surface area contributed by atoms with Gasteiger partial charge in [-0.15, -0.1) is 0 Å². The maximum absolute atomic E-state index is 12.5. The van der Waals surface area contributed by atoms with Crippen LogP contribution in [0.25, 0.3) is 0 Å². The van der Waals surface area contributed by atoms with Crippen molar-refractivity contribution in [3.63, 3.8) is 0 Å². The first-order chi connectivity index (χ1) is 17.9. The summed E-state index contributed by atoms with van der Waals surface area (Å²) in [5.74, 6) is 4.14. The van der Waals surface area contributed by atoms with Crippen LogP contribution in [0, 0.1) is 0 Å². The minimum Gasteiger partial charge on any atom is -0.469 e. The van der Waals surface area contributed by atoms with Gasteiger partial charge in [0.15, 0.2) is 0 Å². The van der Waals surface area contributed by atoms with Crippen molar-refractivity contribution in [2.75, 3.05) is 54.9 Å². The quantitative estimate of drug-likeness (QED) is 0.358. The number of hydrogen-bond donors (Lipinski definition) is 0. The predicted octanol–water partition coefficient (Wildman–Crippen LogP) is 4.97. The molecule has 1 aliphatic heterocycles. The van der Waals surface area contributed by atoms with Crippen LogP contribution in [-0.2, 0) is 16.0 Å². The van der Waals surface area contributed by atoms with Crippen LogP contribution in [0.1, 0.15) is 5.56 Å². The molecule has 0 amide bonds. The van der Waals surface area contributed by atoms with Gasteiger partial charge < -0.3 is 24.3 Å². The Bertz CT molecular complexity index is 1370. The molecule has 37 heavy (non-hydrogen) atoms. The van der Waals surface area contributed by atoms with Crippen LogP contribution in [0.3, 0.4) is 0 Å². The molecule has 9 nitrogen and oxygen atoms in total. The van der Waals surface area contributed by atoms with E-state index in [1.54, 1.807) is 0 Å². The minimum atomic E-state index is -0.322. The normalized spacial score (nSPS) is 13.0. The second-order valence-electron chi connectivity index (χ2n) is 8.83. The smallest absolute Gasteiger partial charge is 0.310 e. The number of methoxy groups -OCH3 is 1. The third kappa shape index (κ3) is 4.51. The van der Waals surface area contributed by atoms with E-state index in [0.29, 0.717) is 0 Å². The van der Waals surface area contributed by atoms with Gasteiger partial charge in [0.25, 0.3) is 0 Å². The molecule has 9 heteroatoms. The van der Waals surface area contributed by atoms with Gasteiger partial charge in [0.2, 0.25) is 0 Å². The SMILES string of the molecule is COC(=O)Cc1c2cccc1N(C)c1cccc(n1)N(C)c1cccc(n1)N(C)c1cccc(n1)N2C. The molecule has 8 bridgehead atoms. The summed E-state index contributed by atoms with van der Waals surface area (Å²) in [5.41, 5.74) is 2.52. The molecule has 5 rings (SSSR count). The second-order valence-corrected chi connectivity index (χ2v) is 8.83. The van der Waals surface area contributed by atoms with Gasteiger partial charge in [-0.2, -0.15) is 0 Å². The van der Waals surface area contributed by atoms with E-state index in [1.807, 2.05) is 121 Å². The number of rotatable bonds is 2. The summed E-state index contributed by atoms with van der Waals surface area (Å²) < 4.78 is 5.05. The summed E-state index contributed by atoms with van der Waals surface area (Å²) in [6.45, 7) is 0. The van der Waals surface area contributed by atoms with E-state index in [2.05, 4.69) is 0 Å². The molecule has 0 unspecified atom stereocenters. The molecular weight excluding hydrogens is 466 g/mol. The fraction of sp³-hybridized carbons (Fsp3) is 0.214. The first-order valence-corrected chi connectivity index (χ1v) is 11.9. The van der Waals surface area contributed by atoms with Crippen molar-refractivity contribution in [2.45, 2.75) is 6.42 Å². The summed E-state index contributed by atoms with van der Waals surface area (Å²) >= 11 is 0. The fourth-order valence-electron chi connectivity index (χ4n) is 4.43. The number of benzene rings is 1. The Morgan fingerprint density at radius 3 is 1.27 bits per heavy atom. The average Bonchev–Trinajstić information content (AvgIpc) is 2.95. The van der Waals surface area contributed by atoms with Gasteiger partial charge in [0.1, 0.15) is 34.9 Å². The van der Waals surface area contributed by atoms with Gasteiger partial charge in [-0.1, -0.05) is 24.3 Å². The summed E-state index contributed by atoms with van der Waals surface area (Å²) in [7, 11) is 9.18. The van der Waals surface area contributed by atoms with Gasteiger partial charge in [0.05, 0.1) is 13.5 Å². The predicted molar refractivity (Wildman–Crippen MR) is 147 cm³/mol. The van der Waals surface area contributed by atoms with Crippen molar-refractivity contribution in [3.05, 3.63) is 78.4 Å². The van der Waals surface area contributed by atoms with E-state index in [-0.39, 0.29) is 12.4 Å². The van der Waals surface area contributed by atoms with E-state index in [1.165, 1.54) is 7.11 Å². The van der Waals surface area contributed by atoms with Crippen molar-refractivity contribution in [1.29, 1.82) is 0 Å². The van der Waals surface area contributed by atoms with Crippen molar-refractivity contribution in [2.24, 2.45) is 0 Å². The van der Waals surface area contributed by atoms with E-state index in [9.17, 15) is 4.79 Å². The van der Waals surface area contributed by atoms with Gasteiger partial charge in [-0.05, 0) is 48.5 Å². The highest BCUT2D eigenvalue weighted by Crippen LogP contribution is 2.37. The highest BCUT2D eigenvalue weighted by molar-refractivity contribution is 5.83. The highest BCUT2D eigenvalue weighted by atomic mass is 16.5. The van der Waals surface area contributed by atoms with Crippen LogP contribution >= 0.6 is 0 Å². The molecule has 0 fully saturated rings. The Morgan fingerprint density at radius 1 is 0.595 bits per heavy atom. The molecule has 3 aromatic heterocycles. The number of carbonyl (C=O) groups is 1. The van der Waals surface area contributed by atoms with Crippen molar-refractivity contribution >= 4 is 52.3 Å². The summed E-state index contributed by atoms with van der Waals surface area (Å²) in [6.07, 6.45) is 0.102. The molecule has 0 atom stereocenters. The lowest BCUT2D eigenvalue weighted by Gasteiger charge is -2.29. The van der Waals surface area contributed by atoms with Gasteiger partial charge in [0, 0.05) is 45.1 Å². The van der Waals surface area contributed by atoms with Crippen LogP contribution in [0.5, 0.6) is 0 Å². The van der Waals surface area contributed by atoms with Crippen LogP contribution in [0.2, 0.25) is 0 Å². The second kappa shape index (κ2) is 9.77. The fourth-order valence-corrected chi connectivity index (χ4v) is 4.43. The van der Waals surface area contributed by atoms with Crippen molar-refractivity contribution in [1.82, 2.24) is 15.0 Å². The number of pyridine rings is 3. The third-order valence-corrected chi connectivity index (χ3v) is 6.62. The van der Waals surface area contributed by atoms with Crippen LogP contribution in [-0.4, -0.2) is 56.2 Å². The maximum atomic E-state index is 12.5. The zero-order valence-electron chi connectivity index (χ0n) is 21.6. The lowest BCUT2D eigenvalue weighted by atomic mass is 10.0. The molecule has 4 aromatic rings. The Kier molecular flexibility index (Phi) is 6.35. The number of esters is 1. The monoisotopic (exact) mass is 495 g/mol.